The zero-order chi connectivity index (χ0) is 14.5. The summed E-state index contributed by atoms with van der Waals surface area (Å²) in [5.41, 5.74) is 0. The van der Waals surface area contributed by atoms with Crippen LogP contribution < -0.4 is 10.6 Å². The number of amides is 2. The minimum atomic E-state index is -0.761. The third kappa shape index (κ3) is 4.11. The molecule has 1 aliphatic carbocycles. The van der Waals surface area contributed by atoms with Crippen LogP contribution in [0.2, 0.25) is 4.34 Å². The van der Waals surface area contributed by atoms with Crippen LogP contribution in [0.15, 0.2) is 12.1 Å². The first kappa shape index (κ1) is 15.1. The van der Waals surface area contributed by atoms with Crippen molar-refractivity contribution >= 4 is 34.9 Å². The monoisotopic (exact) mass is 316 g/mol. The SMILES string of the molecule is O=C(NCc1ccc(Cl)s1)NCC1CCCC1C(=O)O. The number of carbonyl (C=O) groups excluding carboxylic acids is 1. The fourth-order valence-electron chi connectivity index (χ4n) is 2.51. The average molecular weight is 317 g/mol. The van der Waals surface area contributed by atoms with Crippen LogP contribution in [-0.2, 0) is 11.3 Å². The van der Waals surface area contributed by atoms with Crippen LogP contribution in [0, 0.1) is 11.8 Å². The van der Waals surface area contributed by atoms with Gasteiger partial charge in [-0.3, -0.25) is 4.79 Å². The number of hydrogen-bond donors (Lipinski definition) is 3. The zero-order valence-corrected chi connectivity index (χ0v) is 12.5. The number of hydrogen-bond acceptors (Lipinski definition) is 3. The maximum atomic E-state index is 11.7. The van der Waals surface area contributed by atoms with E-state index < -0.39 is 5.97 Å². The molecule has 0 spiro atoms. The maximum absolute atomic E-state index is 11.7. The fourth-order valence-corrected chi connectivity index (χ4v) is 3.53. The molecule has 20 heavy (non-hydrogen) atoms. The minimum absolute atomic E-state index is 0.0365. The molecule has 2 rings (SSSR count). The van der Waals surface area contributed by atoms with Crippen molar-refractivity contribution in [3.8, 4) is 0 Å². The summed E-state index contributed by atoms with van der Waals surface area (Å²) in [4.78, 5) is 23.7. The summed E-state index contributed by atoms with van der Waals surface area (Å²) < 4.78 is 0.692. The highest BCUT2D eigenvalue weighted by molar-refractivity contribution is 7.16. The second-order valence-electron chi connectivity index (χ2n) is 4.91. The largest absolute Gasteiger partial charge is 0.481 e. The van der Waals surface area contributed by atoms with Crippen molar-refractivity contribution < 1.29 is 14.7 Å². The molecule has 3 N–H and O–H groups in total. The van der Waals surface area contributed by atoms with E-state index in [1.54, 1.807) is 6.07 Å². The molecule has 110 valence electrons. The van der Waals surface area contributed by atoms with Gasteiger partial charge in [-0.1, -0.05) is 18.0 Å². The van der Waals surface area contributed by atoms with E-state index in [4.69, 9.17) is 16.7 Å². The number of rotatable bonds is 5. The lowest BCUT2D eigenvalue weighted by Crippen LogP contribution is -2.39. The molecular weight excluding hydrogens is 300 g/mol. The summed E-state index contributed by atoms with van der Waals surface area (Å²) in [6.45, 7) is 0.838. The number of urea groups is 1. The molecule has 2 atom stereocenters. The fraction of sp³-hybridized carbons (Fsp3) is 0.538. The zero-order valence-electron chi connectivity index (χ0n) is 10.9. The first-order valence-electron chi connectivity index (χ1n) is 6.55. The molecule has 1 heterocycles. The van der Waals surface area contributed by atoms with E-state index in [2.05, 4.69) is 10.6 Å². The lowest BCUT2D eigenvalue weighted by atomic mass is 9.96. The van der Waals surface area contributed by atoms with Crippen LogP contribution in [0.25, 0.3) is 0 Å². The second-order valence-corrected chi connectivity index (χ2v) is 6.70. The van der Waals surface area contributed by atoms with Gasteiger partial charge in [-0.25, -0.2) is 4.79 Å². The lowest BCUT2D eigenvalue weighted by Gasteiger charge is -2.16. The highest BCUT2D eigenvalue weighted by Crippen LogP contribution is 2.31. The van der Waals surface area contributed by atoms with Crippen molar-refractivity contribution in [2.24, 2.45) is 11.8 Å². The number of thiophene rings is 1. The van der Waals surface area contributed by atoms with Crippen molar-refractivity contribution in [2.75, 3.05) is 6.54 Å². The predicted molar refractivity (Wildman–Crippen MR) is 78.0 cm³/mol. The Kier molecular flexibility index (Phi) is 5.25. The van der Waals surface area contributed by atoms with E-state index in [1.807, 2.05) is 6.07 Å². The first-order valence-corrected chi connectivity index (χ1v) is 7.74. The Bertz CT molecular complexity index is 492. The summed E-state index contributed by atoms with van der Waals surface area (Å²) in [6, 6.07) is 3.38. The predicted octanol–water partition coefficient (Wildman–Crippen LogP) is 2.70. The summed E-state index contributed by atoms with van der Waals surface area (Å²) in [6.07, 6.45) is 2.48. The van der Waals surface area contributed by atoms with Gasteiger partial charge >= 0.3 is 12.0 Å². The Morgan fingerprint density at radius 1 is 1.35 bits per heavy atom. The van der Waals surface area contributed by atoms with Crippen LogP contribution in [-0.4, -0.2) is 23.7 Å². The van der Waals surface area contributed by atoms with E-state index in [0.29, 0.717) is 23.8 Å². The van der Waals surface area contributed by atoms with Crippen molar-refractivity contribution in [2.45, 2.75) is 25.8 Å². The minimum Gasteiger partial charge on any atom is -0.481 e. The van der Waals surface area contributed by atoms with Crippen molar-refractivity contribution in [3.63, 3.8) is 0 Å². The molecule has 5 nitrogen and oxygen atoms in total. The summed E-state index contributed by atoms with van der Waals surface area (Å²) in [5.74, 6) is -1.05. The molecule has 2 unspecified atom stereocenters. The third-order valence-electron chi connectivity index (χ3n) is 3.55. The van der Waals surface area contributed by atoms with E-state index in [9.17, 15) is 9.59 Å². The number of carboxylic acids is 1. The normalized spacial score (nSPS) is 21.6. The first-order chi connectivity index (χ1) is 9.56. The molecule has 0 aliphatic heterocycles. The Labute approximate surface area is 126 Å². The molecule has 1 fully saturated rings. The van der Waals surface area contributed by atoms with Crippen LogP contribution >= 0.6 is 22.9 Å². The van der Waals surface area contributed by atoms with Gasteiger partial charge in [-0.05, 0) is 30.9 Å². The smallest absolute Gasteiger partial charge is 0.315 e. The van der Waals surface area contributed by atoms with Crippen molar-refractivity contribution in [1.82, 2.24) is 10.6 Å². The van der Waals surface area contributed by atoms with Gasteiger partial charge < -0.3 is 15.7 Å². The Balaban J connectivity index is 1.71. The van der Waals surface area contributed by atoms with Crippen molar-refractivity contribution in [1.29, 1.82) is 0 Å². The van der Waals surface area contributed by atoms with Gasteiger partial charge in [0.15, 0.2) is 0 Å². The number of nitrogens with one attached hydrogen (secondary N) is 2. The number of aliphatic carboxylic acids is 1. The molecule has 2 amide bonds. The number of carbonyl (C=O) groups is 2. The van der Waals surface area contributed by atoms with Gasteiger partial charge in [-0.2, -0.15) is 0 Å². The van der Waals surface area contributed by atoms with Crippen LogP contribution in [0.3, 0.4) is 0 Å². The highest BCUT2D eigenvalue weighted by Gasteiger charge is 2.32. The Morgan fingerprint density at radius 2 is 2.15 bits per heavy atom. The topological polar surface area (TPSA) is 78.4 Å². The van der Waals surface area contributed by atoms with Gasteiger partial charge in [0.2, 0.25) is 0 Å². The quantitative estimate of drug-likeness (QED) is 0.781. The lowest BCUT2D eigenvalue weighted by molar-refractivity contribution is -0.142. The maximum Gasteiger partial charge on any atom is 0.315 e. The summed E-state index contributed by atoms with van der Waals surface area (Å²) >= 11 is 7.23. The summed E-state index contributed by atoms with van der Waals surface area (Å²) in [5, 5.41) is 14.5. The molecule has 0 radical (unpaired) electrons. The standard InChI is InChI=1S/C13H17ClN2O3S/c14-11-5-4-9(20-11)7-16-13(19)15-6-8-2-1-3-10(8)12(17)18/h4-5,8,10H,1-3,6-7H2,(H,17,18)(H2,15,16,19). The van der Waals surface area contributed by atoms with E-state index >= 15 is 0 Å². The van der Waals surface area contributed by atoms with E-state index in [1.165, 1.54) is 11.3 Å². The molecule has 0 bridgehead atoms. The Morgan fingerprint density at radius 3 is 2.80 bits per heavy atom. The summed E-state index contributed by atoms with van der Waals surface area (Å²) in [7, 11) is 0. The van der Waals surface area contributed by atoms with E-state index in [0.717, 1.165) is 17.7 Å². The van der Waals surface area contributed by atoms with Gasteiger partial charge in [-0.15, -0.1) is 11.3 Å². The molecule has 1 aromatic heterocycles. The molecule has 1 aromatic rings. The number of halogens is 1. The number of carboxylic acid groups (broad SMARTS) is 1. The molecule has 1 saturated carbocycles. The molecule has 7 heteroatoms. The molecular formula is C13H17ClN2O3S. The van der Waals surface area contributed by atoms with Gasteiger partial charge in [0.1, 0.15) is 0 Å². The second kappa shape index (κ2) is 6.95. The van der Waals surface area contributed by atoms with Crippen LogP contribution in [0.1, 0.15) is 24.1 Å². The van der Waals surface area contributed by atoms with Crippen molar-refractivity contribution in [3.05, 3.63) is 21.3 Å². The molecule has 1 aliphatic rings. The average Bonchev–Trinajstić information content (AvgIpc) is 3.02. The van der Waals surface area contributed by atoms with Crippen LogP contribution in [0.4, 0.5) is 4.79 Å². The van der Waals surface area contributed by atoms with Crippen LogP contribution in [0.5, 0.6) is 0 Å². The van der Waals surface area contributed by atoms with Gasteiger partial charge in [0, 0.05) is 11.4 Å². The Hall–Kier alpha value is -1.27. The third-order valence-corrected chi connectivity index (χ3v) is 4.78. The highest BCUT2D eigenvalue weighted by atomic mass is 35.5. The van der Waals surface area contributed by atoms with Gasteiger partial charge in [0.05, 0.1) is 16.8 Å². The van der Waals surface area contributed by atoms with Gasteiger partial charge in [0.25, 0.3) is 0 Å². The molecule has 0 saturated heterocycles. The molecule has 0 aromatic carbocycles. The van der Waals surface area contributed by atoms with E-state index in [-0.39, 0.29) is 17.9 Å².